The Morgan fingerprint density at radius 1 is 0.244 bits per heavy atom. The minimum Gasteiger partial charge on any atom is -0.310 e. The highest BCUT2D eigenvalue weighted by atomic mass is 15.2. The van der Waals surface area contributed by atoms with Gasteiger partial charge >= 0.3 is 0 Å². The van der Waals surface area contributed by atoms with E-state index >= 15 is 0 Å². The topological polar surface area (TPSA) is 6.48 Å². The third-order valence-corrected chi connectivity index (χ3v) is 19.5. The first-order chi connectivity index (χ1) is 41.5. The zero-order valence-electron chi connectivity index (χ0n) is 51.7. The predicted molar refractivity (Wildman–Crippen MR) is 370 cm³/mol. The molecule has 0 atom stereocenters. The molecule has 0 heterocycles. The van der Waals surface area contributed by atoms with Gasteiger partial charge in [0.15, 0.2) is 0 Å². The normalized spacial score (nSPS) is 13.5. The van der Waals surface area contributed by atoms with Crippen LogP contribution in [0.1, 0.15) is 94.5 Å². The summed E-state index contributed by atoms with van der Waals surface area (Å²) < 4.78 is 0. The van der Waals surface area contributed by atoms with Crippen LogP contribution in [0.5, 0.6) is 0 Å². The molecule has 0 unspecified atom stereocenters. The molecule has 0 aromatic heterocycles. The zero-order chi connectivity index (χ0) is 59.2. The Labute approximate surface area is 507 Å². The van der Waals surface area contributed by atoms with Crippen LogP contribution in [0.3, 0.4) is 0 Å². The third kappa shape index (κ3) is 8.06. The van der Waals surface area contributed by atoms with Crippen molar-refractivity contribution in [1.29, 1.82) is 0 Å². The van der Waals surface area contributed by atoms with Gasteiger partial charge in [0.1, 0.15) is 0 Å². The zero-order valence-corrected chi connectivity index (χ0v) is 51.7. The number of anilines is 6. The Morgan fingerprint density at radius 2 is 0.605 bits per heavy atom. The molecule has 418 valence electrons. The van der Waals surface area contributed by atoms with Gasteiger partial charge in [-0.1, -0.05) is 196 Å². The van der Waals surface area contributed by atoms with Gasteiger partial charge in [-0.25, -0.2) is 0 Å². The summed E-state index contributed by atoms with van der Waals surface area (Å²) in [5.41, 5.74) is 32.1. The Morgan fingerprint density at radius 3 is 1.00 bits per heavy atom. The smallest absolute Gasteiger partial charge is 0.0543 e. The molecule has 2 aliphatic rings. The fourth-order valence-electron chi connectivity index (χ4n) is 15.6. The van der Waals surface area contributed by atoms with E-state index in [4.69, 9.17) is 0 Å². The molecule has 2 aliphatic carbocycles. The summed E-state index contributed by atoms with van der Waals surface area (Å²) >= 11 is 0. The lowest BCUT2D eigenvalue weighted by Crippen LogP contribution is -2.18. The van der Waals surface area contributed by atoms with E-state index in [1.807, 2.05) is 0 Å². The largest absolute Gasteiger partial charge is 0.310 e. The Hall–Kier alpha value is -9.50. The summed E-state index contributed by atoms with van der Waals surface area (Å²) in [4.78, 5) is 5.09. The summed E-state index contributed by atoms with van der Waals surface area (Å²) in [6.45, 7) is 27.7. The summed E-state index contributed by atoms with van der Waals surface area (Å²) in [6, 6.07) is 84.2. The van der Waals surface area contributed by atoms with Gasteiger partial charge in [0.2, 0.25) is 0 Å². The van der Waals surface area contributed by atoms with E-state index < -0.39 is 0 Å². The van der Waals surface area contributed by atoms with Crippen molar-refractivity contribution in [3.05, 3.63) is 285 Å². The van der Waals surface area contributed by atoms with Crippen molar-refractivity contribution in [3.63, 3.8) is 0 Å². The van der Waals surface area contributed by atoms with E-state index in [2.05, 4.69) is 311 Å². The van der Waals surface area contributed by atoms with Crippen LogP contribution in [0.2, 0.25) is 0 Å². The first-order valence-corrected chi connectivity index (χ1v) is 30.7. The number of hydrogen-bond acceptors (Lipinski definition) is 2. The molecule has 0 fully saturated rings. The summed E-state index contributed by atoms with van der Waals surface area (Å²) in [7, 11) is 0. The minimum absolute atomic E-state index is 0.358. The Kier molecular flexibility index (Phi) is 12.1. The van der Waals surface area contributed by atoms with Crippen molar-refractivity contribution in [2.75, 3.05) is 9.80 Å². The quantitative estimate of drug-likeness (QED) is 0.140. The predicted octanol–water partition coefficient (Wildman–Crippen LogP) is 23.7. The SMILES string of the molecule is Cc1cc(C)cc(N(c2ccc(C)cc2C)c2cc3c(c4ccccc24)-c2cc4c(cc2C3(C)C)c(-c2ccccc2)c(-c2ccccc2)c2cc3c(cc24)-c2c(cc(N(c4ccc(C)cc4C)c4ccc(C)cc4C)c4ccccc24)C3(C)C)c1. The van der Waals surface area contributed by atoms with Gasteiger partial charge in [-0.3, -0.25) is 0 Å². The monoisotopic (exact) mass is 1110 g/mol. The van der Waals surface area contributed by atoms with E-state index in [0.29, 0.717) is 0 Å². The molecule has 0 amide bonds. The van der Waals surface area contributed by atoms with E-state index in [0.717, 1.165) is 0 Å². The number of fused-ring (bicyclic) bond motifs is 13. The van der Waals surface area contributed by atoms with E-state index in [1.165, 1.54) is 188 Å². The van der Waals surface area contributed by atoms with Gasteiger partial charge in [0, 0.05) is 44.4 Å². The molecule has 13 aromatic carbocycles. The van der Waals surface area contributed by atoms with Gasteiger partial charge in [-0.05, 0) is 249 Å². The molecular weight excluding hydrogens is 1040 g/mol. The maximum atomic E-state index is 2.61. The first kappa shape index (κ1) is 53.2. The van der Waals surface area contributed by atoms with Crippen molar-refractivity contribution in [2.45, 2.75) is 93.9 Å². The lowest BCUT2D eigenvalue weighted by molar-refractivity contribution is 0.661. The van der Waals surface area contributed by atoms with Crippen molar-refractivity contribution in [3.8, 4) is 44.5 Å². The van der Waals surface area contributed by atoms with Crippen LogP contribution in [-0.4, -0.2) is 0 Å². The van der Waals surface area contributed by atoms with Crippen LogP contribution in [0, 0.1) is 55.4 Å². The van der Waals surface area contributed by atoms with Crippen LogP contribution >= 0.6 is 0 Å². The van der Waals surface area contributed by atoms with E-state index in [-0.39, 0.29) is 10.8 Å². The maximum absolute atomic E-state index is 2.61. The molecular formula is C84H72N2. The third-order valence-electron chi connectivity index (χ3n) is 19.5. The lowest BCUT2D eigenvalue weighted by Gasteiger charge is -2.32. The maximum Gasteiger partial charge on any atom is 0.0543 e. The molecule has 2 nitrogen and oxygen atoms in total. The highest BCUT2D eigenvalue weighted by Crippen LogP contribution is 2.60. The highest BCUT2D eigenvalue weighted by molar-refractivity contribution is 6.25. The molecule has 0 saturated carbocycles. The molecule has 0 radical (unpaired) electrons. The van der Waals surface area contributed by atoms with E-state index in [1.54, 1.807) is 0 Å². The van der Waals surface area contributed by atoms with Gasteiger partial charge in [-0.2, -0.15) is 0 Å². The summed E-state index contributed by atoms with van der Waals surface area (Å²) in [5, 5.41) is 10.1. The van der Waals surface area contributed by atoms with Crippen LogP contribution in [-0.2, 0) is 10.8 Å². The fraction of sp³-hybridized carbons (Fsp3) is 0.167. The summed E-state index contributed by atoms with van der Waals surface area (Å²) in [5.74, 6) is 0. The number of nitrogens with zero attached hydrogens (tertiary/aromatic N) is 2. The molecule has 15 rings (SSSR count). The molecule has 0 spiro atoms. The van der Waals surface area contributed by atoms with Crippen LogP contribution in [0.25, 0.3) is 87.6 Å². The molecule has 86 heavy (non-hydrogen) atoms. The molecule has 2 heteroatoms. The Bertz CT molecular complexity index is 4950. The summed E-state index contributed by atoms with van der Waals surface area (Å²) in [6.07, 6.45) is 0. The van der Waals surface area contributed by atoms with Crippen LogP contribution < -0.4 is 9.80 Å². The number of hydrogen-bond donors (Lipinski definition) is 0. The second-order valence-corrected chi connectivity index (χ2v) is 26.2. The van der Waals surface area contributed by atoms with Crippen molar-refractivity contribution >= 4 is 77.2 Å². The average molecular weight is 1110 g/mol. The van der Waals surface area contributed by atoms with Gasteiger partial charge in [0.25, 0.3) is 0 Å². The average Bonchev–Trinajstić information content (AvgIpc) is 1.49. The lowest BCUT2D eigenvalue weighted by atomic mass is 9.77. The van der Waals surface area contributed by atoms with E-state index in [9.17, 15) is 0 Å². The van der Waals surface area contributed by atoms with Gasteiger partial charge in [0.05, 0.1) is 11.4 Å². The van der Waals surface area contributed by atoms with Gasteiger partial charge < -0.3 is 9.80 Å². The fourth-order valence-corrected chi connectivity index (χ4v) is 15.6. The second-order valence-electron chi connectivity index (χ2n) is 26.2. The molecule has 0 N–H and O–H groups in total. The standard InChI is InChI=1S/C84H72N2/c1-49-31-34-74(54(6)38-49)85(59-41-52(4)37-53(5)42-59)77-47-72-81(62-29-21-19-27-60(62)77)68-43-64-65-44-69-71(46-67(65)80(58-25-17-14-18-26-58)79(57-23-15-13-16-24-57)66(64)45-70(68)83(72,9)10)84(11,12)73-48-78(61-28-20-22-30-63(61)82(69)73)86(75-35-32-50(2)39-55(75)7)76-36-33-51(3)40-56(76)8/h13-48H,1-12H3. The molecule has 13 aromatic rings. The molecule has 0 saturated heterocycles. The minimum atomic E-state index is -0.358. The molecule has 0 bridgehead atoms. The number of rotatable bonds is 8. The first-order valence-electron chi connectivity index (χ1n) is 30.7. The number of aryl methyl sites for hydroxylation is 8. The Balaban J connectivity index is 1.04. The van der Waals surface area contributed by atoms with Crippen LogP contribution in [0.15, 0.2) is 218 Å². The molecule has 0 aliphatic heterocycles. The van der Waals surface area contributed by atoms with Crippen LogP contribution in [0.4, 0.5) is 34.1 Å². The van der Waals surface area contributed by atoms with Crippen molar-refractivity contribution in [2.24, 2.45) is 0 Å². The van der Waals surface area contributed by atoms with Crippen molar-refractivity contribution in [1.82, 2.24) is 0 Å². The second kappa shape index (κ2) is 19.5. The number of benzene rings is 13. The van der Waals surface area contributed by atoms with Gasteiger partial charge in [-0.15, -0.1) is 0 Å². The van der Waals surface area contributed by atoms with Crippen molar-refractivity contribution < 1.29 is 0 Å². The highest BCUT2D eigenvalue weighted by Gasteiger charge is 2.42.